The molecule has 7 nitrogen and oxygen atoms in total. The first-order valence-corrected chi connectivity index (χ1v) is 10.8. The Morgan fingerprint density at radius 3 is 2.71 bits per heavy atom. The molecule has 8 heteroatoms. The molecule has 150 valence electrons. The average molecular weight is 404 g/mol. The summed E-state index contributed by atoms with van der Waals surface area (Å²) in [6.45, 7) is 0.805. The number of pyridine rings is 1. The van der Waals surface area contributed by atoms with Crippen LogP contribution in [0.4, 0.5) is 0 Å². The van der Waals surface area contributed by atoms with Crippen molar-refractivity contribution in [3.8, 4) is 5.75 Å². The number of rotatable bonds is 7. The van der Waals surface area contributed by atoms with Gasteiger partial charge in [-0.3, -0.25) is 9.78 Å². The lowest BCUT2D eigenvalue weighted by Gasteiger charge is -2.34. The fourth-order valence-electron chi connectivity index (χ4n) is 3.37. The van der Waals surface area contributed by atoms with Gasteiger partial charge in [0, 0.05) is 37.9 Å². The van der Waals surface area contributed by atoms with E-state index >= 15 is 0 Å². The second kappa shape index (κ2) is 9.16. The Balaban J connectivity index is 1.67. The van der Waals surface area contributed by atoms with Crippen LogP contribution in [0.5, 0.6) is 5.75 Å². The molecule has 0 bridgehead atoms. The summed E-state index contributed by atoms with van der Waals surface area (Å²) in [5.41, 5.74) is 0.905. The maximum atomic E-state index is 13.1. The highest BCUT2D eigenvalue weighted by molar-refractivity contribution is 7.89. The Bertz CT molecular complexity index is 885. The van der Waals surface area contributed by atoms with Gasteiger partial charge in [-0.25, -0.2) is 8.42 Å². The van der Waals surface area contributed by atoms with Crippen LogP contribution in [0.15, 0.2) is 53.7 Å². The van der Waals surface area contributed by atoms with Crippen LogP contribution in [-0.2, 0) is 21.4 Å². The third kappa shape index (κ3) is 4.88. The number of aromatic nitrogens is 1. The fraction of sp³-hybridized carbons (Fsp3) is 0.400. The number of amides is 1. The first kappa shape index (κ1) is 20.3. The molecule has 1 aliphatic rings. The molecule has 0 saturated carbocycles. The van der Waals surface area contributed by atoms with Gasteiger partial charge in [0.15, 0.2) is 0 Å². The van der Waals surface area contributed by atoms with Crippen LogP contribution in [0.2, 0.25) is 0 Å². The van der Waals surface area contributed by atoms with Gasteiger partial charge < -0.3 is 10.1 Å². The van der Waals surface area contributed by atoms with Gasteiger partial charge in [0.25, 0.3) is 0 Å². The lowest BCUT2D eigenvalue weighted by molar-refractivity contribution is -0.122. The first-order valence-electron chi connectivity index (χ1n) is 9.32. The first-order chi connectivity index (χ1) is 13.5. The van der Waals surface area contributed by atoms with E-state index in [9.17, 15) is 13.2 Å². The third-order valence-corrected chi connectivity index (χ3v) is 6.84. The molecular weight excluding hydrogens is 378 g/mol. The number of nitrogens with one attached hydrogen (secondary N) is 1. The van der Waals surface area contributed by atoms with E-state index in [0.717, 1.165) is 18.4 Å². The molecule has 0 spiro atoms. The highest BCUT2D eigenvalue weighted by Gasteiger charge is 2.34. The Hall–Kier alpha value is -2.45. The highest BCUT2D eigenvalue weighted by atomic mass is 32.2. The normalized spacial score (nSPS) is 17.8. The van der Waals surface area contributed by atoms with Gasteiger partial charge >= 0.3 is 0 Å². The SMILES string of the molecule is COc1ccc(S(=O)(=O)N2CCCC[C@H]2CC(=O)NCc2cccnc2)cc1. The maximum absolute atomic E-state index is 13.1. The van der Waals surface area contributed by atoms with E-state index in [4.69, 9.17) is 4.74 Å². The quantitative estimate of drug-likeness (QED) is 0.767. The van der Waals surface area contributed by atoms with Crippen LogP contribution in [0.3, 0.4) is 0 Å². The maximum Gasteiger partial charge on any atom is 0.243 e. The number of methoxy groups -OCH3 is 1. The predicted molar refractivity (Wildman–Crippen MR) is 105 cm³/mol. The summed E-state index contributed by atoms with van der Waals surface area (Å²) in [6, 6.07) is 9.71. The molecule has 28 heavy (non-hydrogen) atoms. The standard InChI is InChI=1S/C20H25N3O4S/c1-27-18-7-9-19(10-8-18)28(25,26)23-12-3-2-6-17(23)13-20(24)22-15-16-5-4-11-21-14-16/h4-5,7-11,14,17H,2-3,6,12-13,15H2,1H3,(H,22,24)/t17-/m0/s1. The number of hydrogen-bond donors (Lipinski definition) is 1. The second-order valence-corrected chi connectivity index (χ2v) is 8.67. The van der Waals surface area contributed by atoms with Crippen LogP contribution in [0.1, 0.15) is 31.2 Å². The Morgan fingerprint density at radius 1 is 1.25 bits per heavy atom. The lowest BCUT2D eigenvalue weighted by atomic mass is 10.0. The molecule has 0 radical (unpaired) electrons. The van der Waals surface area contributed by atoms with Gasteiger partial charge in [0.05, 0.1) is 12.0 Å². The molecule has 1 fully saturated rings. The molecule has 2 heterocycles. The molecule has 2 aromatic rings. The zero-order chi connectivity index (χ0) is 20.0. The van der Waals surface area contributed by atoms with E-state index in [1.54, 1.807) is 36.7 Å². The number of ether oxygens (including phenoxy) is 1. The number of nitrogens with zero attached hydrogens (tertiary/aromatic N) is 2. The van der Waals surface area contributed by atoms with Crippen molar-refractivity contribution in [2.24, 2.45) is 0 Å². The molecule has 1 atom stereocenters. The smallest absolute Gasteiger partial charge is 0.243 e. The molecule has 0 aliphatic carbocycles. The summed E-state index contributed by atoms with van der Waals surface area (Å²) in [5, 5.41) is 2.86. The number of hydrogen-bond acceptors (Lipinski definition) is 5. The van der Waals surface area contributed by atoms with Crippen LogP contribution >= 0.6 is 0 Å². The van der Waals surface area contributed by atoms with E-state index in [1.165, 1.54) is 11.4 Å². The van der Waals surface area contributed by atoms with Crippen molar-refractivity contribution >= 4 is 15.9 Å². The molecule has 1 amide bonds. The van der Waals surface area contributed by atoms with Crippen molar-refractivity contribution in [1.82, 2.24) is 14.6 Å². The van der Waals surface area contributed by atoms with Gasteiger partial charge in [0.1, 0.15) is 5.75 Å². The molecule has 1 aromatic carbocycles. The summed E-state index contributed by atoms with van der Waals surface area (Å²) in [5.74, 6) is 0.439. The minimum atomic E-state index is -3.66. The monoisotopic (exact) mass is 403 g/mol. The van der Waals surface area contributed by atoms with E-state index in [-0.39, 0.29) is 23.3 Å². The number of carbonyl (C=O) groups is 1. The fourth-order valence-corrected chi connectivity index (χ4v) is 5.06. The van der Waals surface area contributed by atoms with E-state index < -0.39 is 10.0 Å². The van der Waals surface area contributed by atoms with Gasteiger partial charge in [-0.2, -0.15) is 4.31 Å². The molecule has 1 aliphatic heterocycles. The average Bonchev–Trinajstić information content (AvgIpc) is 2.73. The van der Waals surface area contributed by atoms with Crippen LogP contribution in [0, 0.1) is 0 Å². The van der Waals surface area contributed by atoms with E-state index in [2.05, 4.69) is 10.3 Å². The van der Waals surface area contributed by atoms with Gasteiger partial charge in [0.2, 0.25) is 15.9 Å². The van der Waals surface area contributed by atoms with Gasteiger partial charge in [-0.05, 0) is 48.7 Å². The number of carbonyl (C=O) groups excluding carboxylic acids is 1. The predicted octanol–water partition coefficient (Wildman–Crippen LogP) is 2.34. The molecule has 0 unspecified atom stereocenters. The zero-order valence-electron chi connectivity index (χ0n) is 15.9. The topological polar surface area (TPSA) is 88.6 Å². The minimum absolute atomic E-state index is 0.148. The second-order valence-electron chi connectivity index (χ2n) is 6.78. The van der Waals surface area contributed by atoms with Crippen molar-refractivity contribution in [2.75, 3.05) is 13.7 Å². The lowest BCUT2D eigenvalue weighted by Crippen LogP contribution is -2.45. The number of sulfonamides is 1. The van der Waals surface area contributed by atoms with Crippen LogP contribution < -0.4 is 10.1 Å². The summed E-state index contributed by atoms with van der Waals surface area (Å²) in [6.07, 6.45) is 5.90. The van der Waals surface area contributed by atoms with Crippen molar-refractivity contribution < 1.29 is 17.9 Å². The van der Waals surface area contributed by atoms with Gasteiger partial charge in [-0.1, -0.05) is 12.5 Å². The number of piperidine rings is 1. The van der Waals surface area contributed by atoms with E-state index in [0.29, 0.717) is 25.3 Å². The van der Waals surface area contributed by atoms with Crippen LogP contribution in [0.25, 0.3) is 0 Å². The summed E-state index contributed by atoms with van der Waals surface area (Å²) >= 11 is 0. The highest BCUT2D eigenvalue weighted by Crippen LogP contribution is 2.28. The molecule has 1 aromatic heterocycles. The third-order valence-electron chi connectivity index (χ3n) is 4.87. The summed E-state index contributed by atoms with van der Waals surface area (Å²) < 4.78 is 32.8. The molecule has 1 saturated heterocycles. The Kier molecular flexibility index (Phi) is 6.64. The summed E-state index contributed by atoms with van der Waals surface area (Å²) in [7, 11) is -2.13. The van der Waals surface area contributed by atoms with Crippen molar-refractivity contribution in [1.29, 1.82) is 0 Å². The molecule has 3 rings (SSSR count). The Labute approximate surface area is 165 Å². The van der Waals surface area contributed by atoms with E-state index in [1.807, 2.05) is 12.1 Å². The van der Waals surface area contributed by atoms with Crippen LogP contribution in [-0.4, -0.2) is 43.3 Å². The molecular formula is C20H25N3O4S. The Morgan fingerprint density at radius 2 is 2.04 bits per heavy atom. The van der Waals surface area contributed by atoms with Crippen molar-refractivity contribution in [3.05, 3.63) is 54.4 Å². The van der Waals surface area contributed by atoms with Crippen molar-refractivity contribution in [2.45, 2.75) is 43.2 Å². The molecule has 1 N–H and O–H groups in total. The zero-order valence-corrected chi connectivity index (χ0v) is 16.7. The largest absolute Gasteiger partial charge is 0.497 e. The number of benzene rings is 1. The van der Waals surface area contributed by atoms with Crippen molar-refractivity contribution in [3.63, 3.8) is 0 Å². The summed E-state index contributed by atoms with van der Waals surface area (Å²) in [4.78, 5) is 16.6. The minimum Gasteiger partial charge on any atom is -0.497 e. The van der Waals surface area contributed by atoms with Gasteiger partial charge in [-0.15, -0.1) is 0 Å².